The van der Waals surface area contributed by atoms with Gasteiger partial charge in [-0.1, -0.05) is 57.6 Å². The number of hydrogen-bond acceptors (Lipinski definition) is 14. The summed E-state index contributed by atoms with van der Waals surface area (Å²) < 4.78 is 71.2. The van der Waals surface area contributed by atoms with Gasteiger partial charge in [-0.15, -0.1) is 0 Å². The number of hydrogen-bond donors (Lipinski definition) is 0. The SMILES string of the molecule is CCCCCCCCCc1ccc(OCCOCCOCCOCCOCCOCCOCCOCCOCCOCCOCCOCC(=O)OC(C)(C)C)cc1. The Morgan fingerprint density at radius 2 is 0.737 bits per heavy atom. The van der Waals surface area contributed by atoms with Crippen molar-refractivity contribution in [1.29, 1.82) is 0 Å². The molecule has 0 aliphatic carbocycles. The first-order chi connectivity index (χ1) is 27.9. The molecule has 0 unspecified atom stereocenters. The minimum Gasteiger partial charge on any atom is -0.491 e. The Morgan fingerprint density at radius 3 is 1.09 bits per heavy atom. The molecule has 0 fully saturated rings. The molecule has 0 aromatic heterocycles. The third kappa shape index (κ3) is 40.6. The van der Waals surface area contributed by atoms with Gasteiger partial charge in [0.1, 0.15) is 24.6 Å². The minimum atomic E-state index is -0.513. The molecule has 14 nitrogen and oxygen atoms in total. The van der Waals surface area contributed by atoms with Crippen LogP contribution in [0.4, 0.5) is 0 Å². The van der Waals surface area contributed by atoms with Gasteiger partial charge in [0.25, 0.3) is 0 Å². The highest BCUT2D eigenvalue weighted by atomic mass is 16.6. The lowest BCUT2D eigenvalue weighted by Crippen LogP contribution is -2.27. The van der Waals surface area contributed by atoms with E-state index in [-0.39, 0.29) is 12.6 Å². The van der Waals surface area contributed by atoms with Gasteiger partial charge >= 0.3 is 5.97 Å². The maximum atomic E-state index is 11.5. The number of unbranched alkanes of at least 4 members (excludes halogenated alkanes) is 6. The molecule has 1 rings (SSSR count). The van der Waals surface area contributed by atoms with Gasteiger partial charge in [0.2, 0.25) is 0 Å². The molecule has 0 atom stereocenters. The van der Waals surface area contributed by atoms with Crippen LogP contribution in [0.3, 0.4) is 0 Å². The van der Waals surface area contributed by atoms with E-state index in [0.29, 0.717) is 145 Å². The monoisotopic (exact) mass is 819 g/mol. The van der Waals surface area contributed by atoms with Crippen molar-refractivity contribution in [2.45, 2.75) is 84.7 Å². The minimum absolute atomic E-state index is 0.0839. The number of rotatable bonds is 44. The van der Waals surface area contributed by atoms with Gasteiger partial charge in [0.05, 0.1) is 139 Å². The summed E-state index contributed by atoms with van der Waals surface area (Å²) in [5.41, 5.74) is 0.864. The molecule has 0 spiro atoms. The first-order valence-corrected chi connectivity index (χ1v) is 21.2. The van der Waals surface area contributed by atoms with Crippen LogP contribution in [0.25, 0.3) is 0 Å². The predicted molar refractivity (Wildman–Crippen MR) is 218 cm³/mol. The maximum Gasteiger partial charge on any atom is 0.332 e. The molecule has 14 heteroatoms. The van der Waals surface area contributed by atoms with Crippen molar-refractivity contribution in [3.63, 3.8) is 0 Å². The van der Waals surface area contributed by atoms with E-state index in [1.165, 1.54) is 50.5 Å². The summed E-state index contributed by atoms with van der Waals surface area (Å²) in [4.78, 5) is 11.5. The Kier molecular flexibility index (Phi) is 38.0. The van der Waals surface area contributed by atoms with Crippen LogP contribution >= 0.6 is 0 Å². The lowest BCUT2D eigenvalue weighted by Gasteiger charge is -2.19. The molecule has 0 N–H and O–H groups in total. The van der Waals surface area contributed by atoms with Crippen molar-refractivity contribution in [1.82, 2.24) is 0 Å². The number of ether oxygens (including phenoxy) is 13. The maximum absolute atomic E-state index is 11.5. The van der Waals surface area contributed by atoms with E-state index in [2.05, 4.69) is 31.2 Å². The summed E-state index contributed by atoms with van der Waals surface area (Å²) in [7, 11) is 0. The molecule has 0 aliphatic rings. The van der Waals surface area contributed by atoms with Crippen molar-refractivity contribution in [3.8, 4) is 5.75 Å². The van der Waals surface area contributed by atoms with E-state index in [1.807, 2.05) is 20.8 Å². The van der Waals surface area contributed by atoms with Crippen LogP contribution in [-0.4, -0.2) is 164 Å². The van der Waals surface area contributed by atoms with Crippen molar-refractivity contribution in [3.05, 3.63) is 29.8 Å². The zero-order valence-electron chi connectivity index (χ0n) is 35.9. The van der Waals surface area contributed by atoms with Gasteiger partial charge in [0.15, 0.2) is 0 Å². The normalized spacial score (nSPS) is 11.7. The van der Waals surface area contributed by atoms with E-state index >= 15 is 0 Å². The van der Waals surface area contributed by atoms with Crippen LogP contribution in [0.5, 0.6) is 5.75 Å². The Balaban J connectivity index is 1.68. The third-order valence-electron chi connectivity index (χ3n) is 7.85. The van der Waals surface area contributed by atoms with Crippen molar-refractivity contribution in [2.24, 2.45) is 0 Å². The van der Waals surface area contributed by atoms with Crippen LogP contribution in [0, 0.1) is 0 Å². The largest absolute Gasteiger partial charge is 0.491 e. The summed E-state index contributed by atoms with van der Waals surface area (Å²) in [6.45, 7) is 18.2. The zero-order chi connectivity index (χ0) is 41.2. The molecular formula is C43H78O14. The van der Waals surface area contributed by atoms with Gasteiger partial charge in [-0.3, -0.25) is 0 Å². The number of carbonyl (C=O) groups is 1. The van der Waals surface area contributed by atoms with Crippen molar-refractivity contribution < 1.29 is 66.4 Å². The molecule has 0 bridgehead atoms. The highest BCUT2D eigenvalue weighted by molar-refractivity contribution is 5.71. The topological polar surface area (TPSA) is 137 Å². The van der Waals surface area contributed by atoms with Crippen LogP contribution in [0.15, 0.2) is 24.3 Å². The first kappa shape index (κ1) is 53.1. The number of esters is 1. The molecule has 0 saturated carbocycles. The van der Waals surface area contributed by atoms with Gasteiger partial charge in [-0.05, 0) is 51.3 Å². The van der Waals surface area contributed by atoms with Crippen LogP contribution in [-0.2, 0) is 68.1 Å². The molecule has 0 aliphatic heterocycles. The average molecular weight is 819 g/mol. The van der Waals surface area contributed by atoms with Crippen LogP contribution in [0.2, 0.25) is 0 Å². The van der Waals surface area contributed by atoms with E-state index in [0.717, 1.165) is 12.2 Å². The molecule has 0 radical (unpaired) electrons. The number of aryl methyl sites for hydroxylation is 1. The summed E-state index contributed by atoms with van der Waals surface area (Å²) in [5, 5.41) is 0. The molecular weight excluding hydrogens is 740 g/mol. The molecule has 1 aromatic rings. The van der Waals surface area contributed by atoms with Gasteiger partial charge < -0.3 is 61.6 Å². The van der Waals surface area contributed by atoms with Gasteiger partial charge in [-0.25, -0.2) is 4.79 Å². The standard InChI is InChI=1S/C43H78O14/c1-5-6-7-8-9-10-11-12-40-13-15-41(16-14-40)56-38-37-54-34-33-52-30-29-50-26-25-48-22-21-46-18-17-45-19-20-47-23-24-49-27-28-51-31-32-53-35-36-55-39-42(44)57-43(2,3)4/h13-16H,5-12,17-39H2,1-4H3. The third-order valence-corrected chi connectivity index (χ3v) is 7.85. The lowest BCUT2D eigenvalue weighted by atomic mass is 10.0. The Hall–Kier alpha value is -1.95. The van der Waals surface area contributed by atoms with Crippen LogP contribution < -0.4 is 4.74 Å². The summed E-state index contributed by atoms with van der Waals surface area (Å²) in [5.74, 6) is 0.496. The molecule has 57 heavy (non-hydrogen) atoms. The highest BCUT2D eigenvalue weighted by Gasteiger charge is 2.15. The predicted octanol–water partition coefficient (Wildman–Crippen LogP) is 5.88. The Bertz CT molecular complexity index is 976. The number of carbonyl (C=O) groups excluding carboxylic acids is 1. The molecule has 0 heterocycles. The van der Waals surface area contributed by atoms with E-state index < -0.39 is 5.60 Å². The summed E-state index contributed by atoms with van der Waals surface area (Å²) >= 11 is 0. The second-order valence-corrected chi connectivity index (χ2v) is 14.1. The van der Waals surface area contributed by atoms with E-state index in [4.69, 9.17) is 61.6 Å². The summed E-state index contributed by atoms with van der Waals surface area (Å²) in [6, 6.07) is 8.44. The second-order valence-electron chi connectivity index (χ2n) is 14.1. The fraction of sp³-hybridized carbons (Fsp3) is 0.837. The first-order valence-electron chi connectivity index (χ1n) is 21.2. The Morgan fingerprint density at radius 1 is 0.421 bits per heavy atom. The van der Waals surface area contributed by atoms with Gasteiger partial charge in [-0.2, -0.15) is 0 Å². The fourth-order valence-electron chi connectivity index (χ4n) is 4.98. The smallest absolute Gasteiger partial charge is 0.332 e. The lowest BCUT2D eigenvalue weighted by molar-refractivity contribution is -0.160. The fourth-order valence-corrected chi connectivity index (χ4v) is 4.98. The molecule has 0 amide bonds. The van der Waals surface area contributed by atoms with Crippen molar-refractivity contribution >= 4 is 5.97 Å². The van der Waals surface area contributed by atoms with Gasteiger partial charge in [0, 0.05) is 0 Å². The number of benzene rings is 1. The second kappa shape index (κ2) is 40.8. The quantitative estimate of drug-likeness (QED) is 0.0573. The molecule has 1 aromatic carbocycles. The Labute approximate surface area is 344 Å². The highest BCUT2D eigenvalue weighted by Crippen LogP contribution is 2.15. The van der Waals surface area contributed by atoms with E-state index in [1.54, 1.807) is 0 Å². The van der Waals surface area contributed by atoms with Crippen LogP contribution in [0.1, 0.15) is 78.2 Å². The average Bonchev–Trinajstić information content (AvgIpc) is 3.19. The van der Waals surface area contributed by atoms with E-state index in [9.17, 15) is 4.79 Å². The molecule has 334 valence electrons. The van der Waals surface area contributed by atoms with Crippen molar-refractivity contribution in [2.75, 3.05) is 152 Å². The zero-order valence-corrected chi connectivity index (χ0v) is 35.9. The molecule has 0 saturated heterocycles. The summed E-state index contributed by atoms with van der Waals surface area (Å²) in [6.07, 6.45) is 10.5.